The summed E-state index contributed by atoms with van der Waals surface area (Å²) in [5.41, 5.74) is -6.35. The van der Waals surface area contributed by atoms with Crippen molar-refractivity contribution in [2.75, 3.05) is 6.61 Å². The number of H-pyrrole nitrogens is 1. The summed E-state index contributed by atoms with van der Waals surface area (Å²) in [4.78, 5) is 38.2. The van der Waals surface area contributed by atoms with E-state index in [4.69, 9.17) is 41.9 Å². The van der Waals surface area contributed by atoms with Crippen LogP contribution in [-0.2, 0) is 30.6 Å². The number of hydrogen-bond donors (Lipinski definition) is 3. The highest BCUT2D eigenvalue weighted by molar-refractivity contribution is 8.09. The van der Waals surface area contributed by atoms with Gasteiger partial charge in [0.1, 0.15) is 16.8 Å². The Hall–Kier alpha value is -2.85. The molecule has 44 heavy (non-hydrogen) atoms. The number of aromatic nitrogens is 2. The van der Waals surface area contributed by atoms with Crippen molar-refractivity contribution in [2.45, 2.75) is 63.2 Å². The zero-order valence-electron chi connectivity index (χ0n) is 23.2. The molecule has 1 saturated heterocycles. The van der Waals surface area contributed by atoms with E-state index in [1.807, 2.05) is 0 Å². The first-order chi connectivity index (χ1) is 20.5. The molecule has 4 rings (SSSR count). The van der Waals surface area contributed by atoms with Crippen LogP contribution in [0.25, 0.3) is 10.8 Å². The standard InChI is InChI=1S/C26H27ClF4N3O8PS/c1-13(2)40-22(37)14(3)33-43(44,42-18-10-6-8-15-7-4-5-9-16(15)18)39-12-25(23(28)29)26(30,31)19(35)21(41-25)34-11-17(27)20(36)32-24(34)38/h4-11,13-14,19,21,23,35H,12H2,1-3H3,(H,33,44)(H,32,36,38)/t14-,19-,21+,25-,43?/m0/s1. The Balaban J connectivity index is 1.73. The minimum atomic E-state index is -4.77. The molecule has 1 fully saturated rings. The summed E-state index contributed by atoms with van der Waals surface area (Å²) in [6.07, 6.45) is -9.48. The lowest BCUT2D eigenvalue weighted by molar-refractivity contribution is -0.241. The normalized spacial score (nSPS) is 23.5. The van der Waals surface area contributed by atoms with E-state index in [2.05, 4.69) is 5.09 Å². The van der Waals surface area contributed by atoms with Gasteiger partial charge >= 0.3 is 24.2 Å². The van der Waals surface area contributed by atoms with Crippen molar-refractivity contribution in [3.05, 3.63) is 74.5 Å². The van der Waals surface area contributed by atoms with Gasteiger partial charge in [0.2, 0.25) is 5.60 Å². The number of rotatable bonds is 11. The number of fused-ring (bicyclic) bond motifs is 1. The molecule has 0 radical (unpaired) electrons. The van der Waals surface area contributed by atoms with E-state index in [9.17, 15) is 28.3 Å². The zero-order chi connectivity index (χ0) is 32.6. The second kappa shape index (κ2) is 12.9. The maximum Gasteiger partial charge on any atom is 0.330 e. The third-order valence-corrected chi connectivity index (χ3v) is 9.30. The van der Waals surface area contributed by atoms with Gasteiger partial charge in [-0.25, -0.2) is 18.7 Å². The molecule has 1 aliphatic rings. The predicted molar refractivity (Wildman–Crippen MR) is 155 cm³/mol. The molecule has 11 nitrogen and oxygen atoms in total. The van der Waals surface area contributed by atoms with Crippen molar-refractivity contribution < 1.29 is 46.0 Å². The van der Waals surface area contributed by atoms with Crippen molar-refractivity contribution in [2.24, 2.45) is 0 Å². The second-order valence-corrected chi connectivity index (χ2v) is 13.6. The van der Waals surface area contributed by atoms with Crippen molar-refractivity contribution >= 4 is 46.8 Å². The van der Waals surface area contributed by atoms with Gasteiger partial charge in [0.25, 0.3) is 12.0 Å². The summed E-state index contributed by atoms with van der Waals surface area (Å²) in [5.74, 6) is -5.51. The summed E-state index contributed by atoms with van der Waals surface area (Å²) in [6, 6.07) is 10.4. The first-order valence-electron chi connectivity index (χ1n) is 12.9. The predicted octanol–water partition coefficient (Wildman–Crippen LogP) is 4.12. The van der Waals surface area contributed by atoms with Crippen LogP contribution in [0.1, 0.15) is 27.0 Å². The molecule has 0 bridgehead atoms. The minimum absolute atomic E-state index is 0.0842. The van der Waals surface area contributed by atoms with Crippen LogP contribution >= 0.6 is 18.2 Å². The lowest BCUT2D eigenvalue weighted by Crippen LogP contribution is -2.57. The molecule has 18 heteroatoms. The number of nitrogens with one attached hydrogen (secondary N) is 2. The Morgan fingerprint density at radius 2 is 1.86 bits per heavy atom. The van der Waals surface area contributed by atoms with Gasteiger partial charge in [-0.15, -0.1) is 0 Å². The molecule has 0 amide bonds. The highest BCUT2D eigenvalue weighted by Gasteiger charge is 2.74. The number of nitrogens with zero attached hydrogens (tertiary/aromatic N) is 1. The number of benzene rings is 2. The van der Waals surface area contributed by atoms with Crippen LogP contribution in [-0.4, -0.2) is 63.4 Å². The van der Waals surface area contributed by atoms with Crippen molar-refractivity contribution in [3.63, 3.8) is 0 Å². The number of hydrogen-bond acceptors (Lipinski definition) is 9. The number of aliphatic hydroxyl groups is 1. The number of aromatic amines is 1. The van der Waals surface area contributed by atoms with Crippen LogP contribution in [0.15, 0.2) is 58.3 Å². The number of aliphatic hydroxyl groups excluding tert-OH is 1. The molecule has 1 unspecified atom stereocenters. The third kappa shape index (κ3) is 6.57. The fourth-order valence-electron chi connectivity index (χ4n) is 4.34. The second-order valence-electron chi connectivity index (χ2n) is 10.1. The van der Waals surface area contributed by atoms with E-state index in [1.165, 1.54) is 13.0 Å². The van der Waals surface area contributed by atoms with Gasteiger partial charge in [0.05, 0.1) is 12.7 Å². The topological polar surface area (TPSA) is 141 Å². The van der Waals surface area contributed by atoms with E-state index in [0.29, 0.717) is 17.0 Å². The monoisotopic (exact) mass is 683 g/mol. The van der Waals surface area contributed by atoms with E-state index in [0.717, 1.165) is 0 Å². The summed E-state index contributed by atoms with van der Waals surface area (Å²) < 4.78 is 82.3. The smallest absolute Gasteiger partial charge is 0.330 e. The fraction of sp³-hybridized carbons (Fsp3) is 0.423. The number of ether oxygens (including phenoxy) is 2. The summed E-state index contributed by atoms with van der Waals surface area (Å²) in [5, 5.41) is 13.5. The Bertz CT molecular complexity index is 1700. The van der Waals surface area contributed by atoms with Crippen molar-refractivity contribution in [3.8, 4) is 5.75 Å². The van der Waals surface area contributed by atoms with Crippen LogP contribution in [0, 0.1) is 0 Å². The molecule has 240 valence electrons. The highest BCUT2D eigenvalue weighted by atomic mass is 35.5. The Kier molecular flexibility index (Phi) is 9.95. The molecule has 3 N–H and O–H groups in total. The average molecular weight is 684 g/mol. The lowest BCUT2D eigenvalue weighted by atomic mass is 9.95. The number of alkyl halides is 4. The summed E-state index contributed by atoms with van der Waals surface area (Å²) in [7, 11) is 0. The maximum absolute atomic E-state index is 15.6. The summed E-state index contributed by atoms with van der Waals surface area (Å²) >= 11 is 11.2. The van der Waals surface area contributed by atoms with Crippen LogP contribution < -0.4 is 20.9 Å². The SMILES string of the molecule is CC(C)OC(=O)[C@H](C)NP(=S)(OC[C@@]1(C(F)F)O[C@@H](n2cc(Cl)c(=O)[nH]c2=O)[C@H](O)C1(F)F)Oc1cccc2ccccc12. The fourth-order valence-corrected chi connectivity index (χ4v) is 6.90. The first-order valence-corrected chi connectivity index (χ1v) is 16.0. The molecule has 1 aliphatic heterocycles. The third-order valence-electron chi connectivity index (χ3n) is 6.56. The number of carbonyl (C=O) groups is 1. The lowest BCUT2D eigenvalue weighted by Gasteiger charge is -2.35. The maximum atomic E-state index is 15.6. The minimum Gasteiger partial charge on any atom is -0.462 e. The number of halogens is 5. The molecular weight excluding hydrogens is 657 g/mol. The largest absolute Gasteiger partial charge is 0.462 e. The van der Waals surface area contributed by atoms with E-state index in [-0.39, 0.29) is 10.3 Å². The Labute approximate surface area is 257 Å². The van der Waals surface area contributed by atoms with Gasteiger partial charge < -0.3 is 23.6 Å². The van der Waals surface area contributed by atoms with Crippen LogP contribution in [0.4, 0.5) is 17.6 Å². The Morgan fingerprint density at radius 3 is 2.52 bits per heavy atom. The summed E-state index contributed by atoms with van der Waals surface area (Å²) in [6.45, 7) is -1.41. The molecule has 0 aliphatic carbocycles. The van der Waals surface area contributed by atoms with Gasteiger partial charge in [-0.1, -0.05) is 48.0 Å². The Morgan fingerprint density at radius 1 is 1.20 bits per heavy atom. The molecule has 2 heterocycles. The van der Waals surface area contributed by atoms with E-state index in [1.54, 1.807) is 55.2 Å². The van der Waals surface area contributed by atoms with Crippen molar-refractivity contribution in [1.29, 1.82) is 0 Å². The molecule has 0 saturated carbocycles. The molecular formula is C26H27ClF4N3O8PS. The van der Waals surface area contributed by atoms with Crippen molar-refractivity contribution in [1.82, 2.24) is 14.6 Å². The molecule has 2 aromatic carbocycles. The molecule has 0 spiro atoms. The van der Waals surface area contributed by atoms with Gasteiger partial charge in [0.15, 0.2) is 12.3 Å². The first kappa shape index (κ1) is 34.0. The quantitative estimate of drug-likeness (QED) is 0.154. The highest BCUT2D eigenvalue weighted by Crippen LogP contribution is 2.55. The number of carbonyl (C=O) groups excluding carboxylic acids is 1. The molecule has 3 aromatic rings. The van der Waals surface area contributed by atoms with Crippen LogP contribution in [0.3, 0.4) is 0 Å². The van der Waals surface area contributed by atoms with E-state index >= 15 is 8.78 Å². The van der Waals surface area contributed by atoms with Crippen LogP contribution in [0.2, 0.25) is 5.02 Å². The van der Waals surface area contributed by atoms with Crippen LogP contribution in [0.5, 0.6) is 5.75 Å². The zero-order valence-corrected chi connectivity index (χ0v) is 25.7. The molecule has 1 aromatic heterocycles. The van der Waals surface area contributed by atoms with E-state index < -0.39 is 77.9 Å². The average Bonchev–Trinajstić information content (AvgIpc) is 3.15. The number of esters is 1. The van der Waals surface area contributed by atoms with Gasteiger partial charge in [-0.3, -0.25) is 19.1 Å². The van der Waals surface area contributed by atoms with Gasteiger partial charge in [0, 0.05) is 11.6 Å². The van der Waals surface area contributed by atoms with Gasteiger partial charge in [-0.05, 0) is 44.0 Å². The molecule has 5 atom stereocenters. The van der Waals surface area contributed by atoms with Gasteiger partial charge in [-0.2, -0.15) is 8.78 Å².